The monoisotopic (exact) mass is 728 g/mol. The molecule has 0 fully saturated rings. The van der Waals surface area contributed by atoms with Crippen LogP contribution in [0.15, 0.2) is 204 Å². The molecule has 1 spiro atoms. The fourth-order valence-corrected chi connectivity index (χ4v) is 11.4. The van der Waals surface area contributed by atoms with Crippen molar-refractivity contribution >= 4 is 66.1 Å². The van der Waals surface area contributed by atoms with Gasteiger partial charge in [0.1, 0.15) is 0 Å². The normalized spacial score (nSPS) is 15.5. The lowest BCUT2D eigenvalue weighted by atomic mass is 9.62. The molecule has 4 heterocycles. The Bertz CT molecular complexity index is 3470. The maximum atomic E-state index is 2.52. The van der Waals surface area contributed by atoms with Gasteiger partial charge in [-0.1, -0.05) is 145 Å². The molecule has 0 N–H and O–H groups in total. The van der Waals surface area contributed by atoms with E-state index in [-0.39, 0.29) is 0 Å². The largest absolute Gasteiger partial charge is 0.309 e. The van der Waals surface area contributed by atoms with Gasteiger partial charge >= 0.3 is 0 Å². The molecular formula is C53H32N2S. The van der Waals surface area contributed by atoms with Crippen LogP contribution in [0.5, 0.6) is 0 Å². The molecule has 13 rings (SSSR count). The molecule has 0 aliphatic carbocycles. The summed E-state index contributed by atoms with van der Waals surface area (Å²) in [5.41, 5.74) is 14.7. The summed E-state index contributed by atoms with van der Waals surface area (Å²) in [6, 6.07) is 72.7. The first-order chi connectivity index (χ1) is 27.8. The number of para-hydroxylation sites is 4. The second-order valence-corrected chi connectivity index (χ2v) is 16.3. The topological polar surface area (TPSA) is 9.86 Å². The first-order valence-electron chi connectivity index (χ1n) is 19.3. The Morgan fingerprint density at radius 1 is 0.357 bits per heavy atom. The summed E-state index contributed by atoms with van der Waals surface area (Å²) in [6.07, 6.45) is 0. The summed E-state index contributed by atoms with van der Waals surface area (Å²) < 4.78 is 4.95. The standard InChI is InChI=1S/C53H32N2S/c1-2-13-34-30-37(27-24-33(34)12-1)54-46-20-7-4-15-39(46)41-31-35(25-28-48(41)54)36-26-29-51-45(32-36)53(43-18-6-10-23-50(43)56-51)42-17-5-9-22-49(42)55-47-21-8-3-14-38(47)40-16-11-19-44(53)52(40)55/h1-32H. The molecule has 0 saturated carbocycles. The molecule has 2 aliphatic heterocycles. The van der Waals surface area contributed by atoms with Gasteiger partial charge in [0, 0.05) is 37.0 Å². The summed E-state index contributed by atoms with van der Waals surface area (Å²) in [7, 11) is 0. The molecule has 56 heavy (non-hydrogen) atoms. The van der Waals surface area contributed by atoms with Crippen molar-refractivity contribution in [3.05, 3.63) is 216 Å². The first kappa shape index (κ1) is 30.5. The molecule has 1 atom stereocenters. The molecule has 9 aromatic carbocycles. The van der Waals surface area contributed by atoms with Gasteiger partial charge < -0.3 is 9.13 Å². The minimum atomic E-state index is -0.510. The SMILES string of the molecule is c1ccc2c(c1)Sc1ccc(-c3ccc4c(c3)c3ccccc3n4-c3ccc4ccccc4c3)cc1C21c2ccccc2-n2c3ccccc3c3cccc1c32. The zero-order valence-corrected chi connectivity index (χ0v) is 31.1. The molecule has 2 aromatic heterocycles. The van der Waals surface area contributed by atoms with Crippen molar-refractivity contribution in [1.29, 1.82) is 0 Å². The van der Waals surface area contributed by atoms with Crippen LogP contribution in [0.25, 0.3) is 76.9 Å². The number of aromatic nitrogens is 2. The van der Waals surface area contributed by atoms with Crippen LogP contribution in [-0.2, 0) is 5.41 Å². The van der Waals surface area contributed by atoms with Crippen LogP contribution in [0, 0.1) is 0 Å². The van der Waals surface area contributed by atoms with E-state index in [0.29, 0.717) is 0 Å². The van der Waals surface area contributed by atoms with Gasteiger partial charge in [-0.25, -0.2) is 0 Å². The van der Waals surface area contributed by atoms with Crippen LogP contribution in [-0.4, -0.2) is 9.13 Å². The van der Waals surface area contributed by atoms with E-state index in [1.54, 1.807) is 0 Å². The van der Waals surface area contributed by atoms with Crippen LogP contribution < -0.4 is 0 Å². The van der Waals surface area contributed by atoms with Crippen LogP contribution >= 0.6 is 11.8 Å². The molecule has 2 aliphatic rings. The fourth-order valence-electron chi connectivity index (χ4n) is 10.2. The van der Waals surface area contributed by atoms with E-state index in [9.17, 15) is 0 Å². The summed E-state index contributed by atoms with van der Waals surface area (Å²) in [6.45, 7) is 0. The minimum absolute atomic E-state index is 0.510. The first-order valence-corrected chi connectivity index (χ1v) is 20.2. The van der Waals surface area contributed by atoms with E-state index in [2.05, 4.69) is 203 Å². The van der Waals surface area contributed by atoms with Gasteiger partial charge in [-0.3, -0.25) is 0 Å². The van der Waals surface area contributed by atoms with Gasteiger partial charge in [0.05, 0.1) is 33.2 Å². The molecule has 0 bridgehead atoms. The van der Waals surface area contributed by atoms with Crippen LogP contribution in [0.2, 0.25) is 0 Å². The molecule has 260 valence electrons. The van der Waals surface area contributed by atoms with Gasteiger partial charge in [-0.05, 0) is 105 Å². The third-order valence-electron chi connectivity index (χ3n) is 12.5. The fraction of sp³-hybridized carbons (Fsp3) is 0.0189. The average molecular weight is 729 g/mol. The number of nitrogens with zero attached hydrogens (tertiary/aromatic N) is 2. The van der Waals surface area contributed by atoms with Crippen LogP contribution in [0.3, 0.4) is 0 Å². The molecule has 2 nitrogen and oxygen atoms in total. The van der Waals surface area contributed by atoms with Crippen molar-refractivity contribution in [3.8, 4) is 22.5 Å². The predicted octanol–water partition coefficient (Wildman–Crippen LogP) is 13.9. The summed E-state index contributed by atoms with van der Waals surface area (Å²) in [4.78, 5) is 2.62. The predicted molar refractivity (Wildman–Crippen MR) is 234 cm³/mol. The molecule has 0 saturated heterocycles. The number of hydrogen-bond acceptors (Lipinski definition) is 1. The Morgan fingerprint density at radius 3 is 1.88 bits per heavy atom. The van der Waals surface area contributed by atoms with Gasteiger partial charge in [-0.15, -0.1) is 0 Å². The van der Waals surface area contributed by atoms with Crippen molar-refractivity contribution in [1.82, 2.24) is 9.13 Å². The Labute approximate surface area is 327 Å². The Hall–Kier alpha value is -6.81. The van der Waals surface area contributed by atoms with E-state index in [1.807, 2.05) is 11.8 Å². The van der Waals surface area contributed by atoms with Gasteiger partial charge in [0.15, 0.2) is 0 Å². The van der Waals surface area contributed by atoms with Crippen LogP contribution in [0.1, 0.15) is 22.3 Å². The summed E-state index contributed by atoms with van der Waals surface area (Å²) in [5.74, 6) is 0. The van der Waals surface area contributed by atoms with E-state index >= 15 is 0 Å². The highest BCUT2D eigenvalue weighted by Gasteiger charge is 2.49. The van der Waals surface area contributed by atoms with Gasteiger partial charge in [0.2, 0.25) is 0 Å². The summed E-state index contributed by atoms with van der Waals surface area (Å²) >= 11 is 1.90. The third kappa shape index (κ3) is 3.87. The lowest BCUT2D eigenvalue weighted by Crippen LogP contribution is -2.37. The second kappa shape index (κ2) is 11.1. The number of hydrogen-bond donors (Lipinski definition) is 0. The van der Waals surface area contributed by atoms with Crippen molar-refractivity contribution in [2.75, 3.05) is 0 Å². The number of benzene rings is 9. The highest BCUT2D eigenvalue weighted by molar-refractivity contribution is 7.99. The van der Waals surface area contributed by atoms with Crippen molar-refractivity contribution in [2.24, 2.45) is 0 Å². The van der Waals surface area contributed by atoms with Gasteiger partial charge in [-0.2, -0.15) is 0 Å². The Balaban J connectivity index is 1.08. The smallest absolute Gasteiger partial charge is 0.0764 e. The van der Waals surface area contributed by atoms with E-state index in [0.717, 1.165) is 0 Å². The summed E-state index contributed by atoms with van der Waals surface area (Å²) in [5, 5.41) is 7.61. The van der Waals surface area contributed by atoms with Gasteiger partial charge in [0.25, 0.3) is 0 Å². The molecule has 11 aromatic rings. The number of rotatable bonds is 2. The zero-order chi connectivity index (χ0) is 36.5. The Morgan fingerprint density at radius 2 is 0.982 bits per heavy atom. The second-order valence-electron chi connectivity index (χ2n) is 15.2. The van der Waals surface area contributed by atoms with Crippen LogP contribution in [0.4, 0.5) is 0 Å². The van der Waals surface area contributed by atoms with E-state index in [1.165, 1.54) is 109 Å². The number of fused-ring (bicyclic) bond motifs is 15. The lowest BCUT2D eigenvalue weighted by molar-refractivity contribution is 0.690. The highest BCUT2D eigenvalue weighted by atomic mass is 32.2. The third-order valence-corrected chi connectivity index (χ3v) is 13.7. The van der Waals surface area contributed by atoms with E-state index < -0.39 is 5.41 Å². The maximum Gasteiger partial charge on any atom is 0.0764 e. The average Bonchev–Trinajstić information content (AvgIpc) is 3.78. The quantitative estimate of drug-likeness (QED) is 0.172. The van der Waals surface area contributed by atoms with Crippen molar-refractivity contribution < 1.29 is 0 Å². The van der Waals surface area contributed by atoms with E-state index in [4.69, 9.17) is 0 Å². The highest BCUT2D eigenvalue weighted by Crippen LogP contribution is 2.61. The molecule has 0 amide bonds. The maximum absolute atomic E-state index is 2.52. The molecular weight excluding hydrogens is 697 g/mol. The van der Waals surface area contributed by atoms with Crippen molar-refractivity contribution in [2.45, 2.75) is 15.2 Å². The molecule has 3 heteroatoms. The molecule has 1 unspecified atom stereocenters. The minimum Gasteiger partial charge on any atom is -0.309 e. The van der Waals surface area contributed by atoms with Crippen molar-refractivity contribution in [3.63, 3.8) is 0 Å². The zero-order valence-electron chi connectivity index (χ0n) is 30.3. The Kier molecular flexibility index (Phi) is 6.06. The lowest BCUT2D eigenvalue weighted by Gasteiger charge is -2.45. The molecule has 0 radical (unpaired) electrons.